The number of hydrogen-bond donors (Lipinski definition) is 0. The lowest BCUT2D eigenvalue weighted by atomic mass is 10.0. The monoisotopic (exact) mass is 372 g/mol. The predicted molar refractivity (Wildman–Crippen MR) is 124 cm³/mol. The third kappa shape index (κ3) is 11.4. The van der Waals surface area contributed by atoms with E-state index in [2.05, 4.69) is 57.0 Å². The van der Waals surface area contributed by atoms with Crippen LogP contribution in [0, 0.1) is 0 Å². The molecule has 0 spiro atoms. The average Bonchev–Trinajstić information content (AvgIpc) is 2.69. The van der Waals surface area contributed by atoms with Crippen molar-refractivity contribution in [3.8, 4) is 0 Å². The van der Waals surface area contributed by atoms with Crippen molar-refractivity contribution in [2.24, 2.45) is 0 Å². The number of unbranched alkanes of at least 4 members (excludes halogenated alkanes) is 13. The first kappa shape index (κ1) is 24.0. The van der Waals surface area contributed by atoms with Crippen LogP contribution in [0.1, 0.15) is 96.8 Å². The summed E-state index contributed by atoms with van der Waals surface area (Å²) in [7, 11) is 2.35. The second-order valence-electron chi connectivity index (χ2n) is 8.52. The van der Waals surface area contributed by atoms with E-state index in [1.165, 1.54) is 102 Å². The Hall–Kier alpha value is -1.08. The summed E-state index contributed by atoms with van der Waals surface area (Å²) in [6.07, 6.45) is 22.0. The van der Waals surface area contributed by atoms with Crippen LogP contribution >= 0.6 is 0 Å². The van der Waals surface area contributed by atoms with Gasteiger partial charge in [0.1, 0.15) is 12.2 Å². The molecule has 154 valence electrons. The van der Waals surface area contributed by atoms with Crippen LogP contribution in [-0.2, 0) is 0 Å². The summed E-state index contributed by atoms with van der Waals surface area (Å²) >= 11 is 0. The van der Waals surface area contributed by atoms with E-state index < -0.39 is 0 Å². The number of quaternary nitrogens is 1. The molecule has 0 N–H and O–H groups in total. The van der Waals surface area contributed by atoms with E-state index in [4.69, 9.17) is 0 Å². The highest BCUT2D eigenvalue weighted by Gasteiger charge is 2.22. The molecule has 0 aliphatic carbocycles. The summed E-state index contributed by atoms with van der Waals surface area (Å²) in [5.41, 5.74) is 1.41. The van der Waals surface area contributed by atoms with Gasteiger partial charge < -0.3 is 0 Å². The van der Waals surface area contributed by atoms with E-state index in [-0.39, 0.29) is 0 Å². The average molecular weight is 373 g/mol. The molecule has 0 fully saturated rings. The molecule has 1 unspecified atom stereocenters. The summed E-state index contributed by atoms with van der Waals surface area (Å²) in [6.45, 7) is 8.50. The number of hydrogen-bond acceptors (Lipinski definition) is 0. The first-order valence-electron chi connectivity index (χ1n) is 11.7. The maximum Gasteiger partial charge on any atom is 0.132 e. The van der Waals surface area contributed by atoms with Gasteiger partial charge in [0.2, 0.25) is 0 Å². The molecule has 27 heavy (non-hydrogen) atoms. The van der Waals surface area contributed by atoms with E-state index in [0.29, 0.717) is 0 Å². The Kier molecular flexibility index (Phi) is 14.1. The molecule has 0 saturated carbocycles. The zero-order valence-electron chi connectivity index (χ0n) is 18.4. The maximum atomic E-state index is 3.97. The molecule has 0 amide bonds. The lowest BCUT2D eigenvalue weighted by molar-refractivity contribution is 0.349. The van der Waals surface area contributed by atoms with Crippen LogP contribution in [0.4, 0.5) is 5.69 Å². The van der Waals surface area contributed by atoms with Gasteiger partial charge in [0.25, 0.3) is 0 Å². The Morgan fingerprint density at radius 2 is 1.15 bits per heavy atom. The standard InChI is InChI=1S/C26H46N/c1-4-6-7-8-9-10-11-12-13-14-15-16-17-21-25-27(3,24-5-2)26-22-19-18-20-23-26/h5,18-20,22-23H,2,4,6-17,21,24-25H2,1,3H3/q+1. The molecule has 1 atom stereocenters. The topological polar surface area (TPSA) is 0 Å². The minimum atomic E-state index is 0.989. The molecule has 0 aliphatic heterocycles. The van der Waals surface area contributed by atoms with Crippen molar-refractivity contribution in [2.45, 2.75) is 96.8 Å². The molecule has 0 aliphatic rings. The zero-order chi connectivity index (χ0) is 19.6. The Morgan fingerprint density at radius 1 is 0.704 bits per heavy atom. The fourth-order valence-electron chi connectivity index (χ4n) is 4.05. The fraction of sp³-hybridized carbons (Fsp3) is 0.692. The third-order valence-corrected chi connectivity index (χ3v) is 5.92. The lowest BCUT2D eigenvalue weighted by Gasteiger charge is -2.33. The van der Waals surface area contributed by atoms with Gasteiger partial charge in [-0.25, -0.2) is 0 Å². The van der Waals surface area contributed by atoms with Gasteiger partial charge in [-0.2, -0.15) is 0 Å². The summed E-state index contributed by atoms with van der Waals surface area (Å²) < 4.78 is 0.989. The molecule has 0 bridgehead atoms. The van der Waals surface area contributed by atoms with Gasteiger partial charge in [0, 0.05) is 0 Å². The van der Waals surface area contributed by atoms with Gasteiger partial charge in [-0.15, -0.1) is 0 Å². The second kappa shape index (κ2) is 15.9. The molecule has 0 aromatic heterocycles. The Labute approximate surface area is 170 Å². The highest BCUT2D eigenvalue weighted by atomic mass is 15.3. The van der Waals surface area contributed by atoms with E-state index in [1.807, 2.05) is 0 Å². The summed E-state index contributed by atoms with van der Waals surface area (Å²) in [5, 5.41) is 0. The SMILES string of the molecule is C=CC[N+](C)(CCCCCCCCCCCCCCCC)c1ccccc1. The van der Waals surface area contributed by atoms with Crippen molar-refractivity contribution in [1.29, 1.82) is 0 Å². The predicted octanol–water partition coefficient (Wildman–Crippen LogP) is 8.29. The van der Waals surface area contributed by atoms with E-state index >= 15 is 0 Å². The third-order valence-electron chi connectivity index (χ3n) is 5.92. The maximum absolute atomic E-state index is 3.97. The fourth-order valence-corrected chi connectivity index (χ4v) is 4.05. The highest BCUT2D eigenvalue weighted by molar-refractivity contribution is 5.42. The number of likely N-dealkylation sites (N-methyl/N-ethyl adjacent to an activating group) is 1. The number of rotatable bonds is 18. The lowest BCUT2D eigenvalue weighted by Crippen LogP contribution is -2.46. The Morgan fingerprint density at radius 3 is 1.59 bits per heavy atom. The molecule has 0 heterocycles. The summed E-state index contributed by atoms with van der Waals surface area (Å²) in [5.74, 6) is 0. The summed E-state index contributed by atoms with van der Waals surface area (Å²) in [4.78, 5) is 0. The molecule has 1 aromatic rings. The van der Waals surface area contributed by atoms with Crippen molar-refractivity contribution in [3.63, 3.8) is 0 Å². The van der Waals surface area contributed by atoms with Gasteiger partial charge in [0.15, 0.2) is 0 Å². The number of para-hydroxylation sites is 1. The van der Waals surface area contributed by atoms with Crippen molar-refractivity contribution in [2.75, 3.05) is 20.1 Å². The molecule has 1 aromatic carbocycles. The van der Waals surface area contributed by atoms with Gasteiger partial charge in [-0.05, 0) is 31.1 Å². The van der Waals surface area contributed by atoms with Crippen LogP contribution in [0.15, 0.2) is 43.0 Å². The molecule has 1 heteroatoms. The molecule has 0 radical (unpaired) electrons. The van der Waals surface area contributed by atoms with Crippen LogP contribution in [0.25, 0.3) is 0 Å². The van der Waals surface area contributed by atoms with Gasteiger partial charge in [0.05, 0.1) is 13.6 Å². The summed E-state index contributed by atoms with van der Waals surface area (Å²) in [6, 6.07) is 10.9. The van der Waals surface area contributed by atoms with Crippen LogP contribution in [0.5, 0.6) is 0 Å². The van der Waals surface area contributed by atoms with Crippen molar-refractivity contribution in [3.05, 3.63) is 43.0 Å². The minimum Gasteiger partial charge on any atom is -0.290 e. The van der Waals surface area contributed by atoms with E-state index in [1.54, 1.807) is 0 Å². The van der Waals surface area contributed by atoms with Crippen LogP contribution < -0.4 is 4.48 Å². The van der Waals surface area contributed by atoms with Crippen molar-refractivity contribution < 1.29 is 0 Å². The van der Waals surface area contributed by atoms with Crippen LogP contribution in [-0.4, -0.2) is 20.1 Å². The smallest absolute Gasteiger partial charge is 0.132 e. The Balaban J connectivity index is 2.00. The van der Waals surface area contributed by atoms with Gasteiger partial charge in [-0.3, -0.25) is 4.48 Å². The second-order valence-corrected chi connectivity index (χ2v) is 8.52. The normalized spacial score (nSPS) is 13.4. The molecular weight excluding hydrogens is 326 g/mol. The van der Waals surface area contributed by atoms with Crippen molar-refractivity contribution in [1.82, 2.24) is 4.48 Å². The number of nitrogens with zero attached hydrogens (tertiary/aromatic N) is 1. The molecule has 1 nitrogen and oxygen atoms in total. The van der Waals surface area contributed by atoms with Gasteiger partial charge >= 0.3 is 0 Å². The van der Waals surface area contributed by atoms with Gasteiger partial charge in [-0.1, -0.05) is 109 Å². The minimum absolute atomic E-state index is 0.989. The quantitative estimate of drug-likeness (QED) is 0.138. The molecule has 1 rings (SSSR count). The Bertz CT molecular complexity index is 453. The van der Waals surface area contributed by atoms with Crippen LogP contribution in [0.2, 0.25) is 0 Å². The van der Waals surface area contributed by atoms with E-state index in [0.717, 1.165) is 11.0 Å². The molecule has 0 saturated heterocycles. The van der Waals surface area contributed by atoms with Crippen molar-refractivity contribution >= 4 is 5.69 Å². The first-order valence-corrected chi connectivity index (χ1v) is 11.7. The largest absolute Gasteiger partial charge is 0.290 e. The molecular formula is C26H46N+. The first-order chi connectivity index (χ1) is 13.2. The van der Waals surface area contributed by atoms with E-state index in [9.17, 15) is 0 Å². The highest BCUT2D eigenvalue weighted by Crippen LogP contribution is 2.22. The zero-order valence-corrected chi connectivity index (χ0v) is 18.4. The van der Waals surface area contributed by atoms with Crippen LogP contribution in [0.3, 0.4) is 0 Å². The number of benzene rings is 1.